The summed E-state index contributed by atoms with van der Waals surface area (Å²) < 4.78 is 0. The van der Waals surface area contributed by atoms with Crippen LogP contribution in [0.2, 0.25) is 0 Å². The number of terminal acetylenes is 1. The molecule has 0 spiro atoms. The molecule has 0 aliphatic heterocycles. The monoisotopic (exact) mass is 108 g/mol. The minimum absolute atomic E-state index is 0.287. The van der Waals surface area contributed by atoms with Crippen LogP contribution in [-0.2, 0) is 0 Å². The van der Waals surface area contributed by atoms with Crippen molar-refractivity contribution < 1.29 is 0 Å². The van der Waals surface area contributed by atoms with Crippen LogP contribution in [-0.4, -0.2) is 0 Å². The van der Waals surface area contributed by atoms with E-state index in [2.05, 4.69) is 19.4 Å². The average Bonchev–Trinajstić information content (AvgIpc) is 1.69. The molecule has 0 rings (SSSR count). The molecule has 0 fully saturated rings. The summed E-state index contributed by atoms with van der Waals surface area (Å²) >= 11 is 0. The topological polar surface area (TPSA) is 0 Å². The Balaban J connectivity index is 3.76. The molecule has 0 bridgehead atoms. The van der Waals surface area contributed by atoms with Gasteiger partial charge < -0.3 is 0 Å². The van der Waals surface area contributed by atoms with Crippen LogP contribution in [0, 0.1) is 18.3 Å². The zero-order chi connectivity index (χ0) is 6.57. The third-order valence-electron chi connectivity index (χ3n) is 1.20. The van der Waals surface area contributed by atoms with E-state index in [-0.39, 0.29) is 5.92 Å². The van der Waals surface area contributed by atoms with Crippen LogP contribution in [0.3, 0.4) is 0 Å². The fourth-order valence-electron chi connectivity index (χ4n) is 0.609. The lowest BCUT2D eigenvalue weighted by Crippen LogP contribution is -1.93. The van der Waals surface area contributed by atoms with Crippen molar-refractivity contribution >= 4 is 0 Å². The fourth-order valence-corrected chi connectivity index (χ4v) is 0.609. The van der Waals surface area contributed by atoms with E-state index in [1.165, 1.54) is 0 Å². The summed E-state index contributed by atoms with van der Waals surface area (Å²) in [5.41, 5.74) is 1.09. The van der Waals surface area contributed by atoms with E-state index in [4.69, 9.17) is 6.42 Å². The summed E-state index contributed by atoms with van der Waals surface area (Å²) in [6.07, 6.45) is 6.18. The highest BCUT2D eigenvalue weighted by Gasteiger charge is 1.98. The molecule has 0 N–H and O–H groups in total. The summed E-state index contributed by atoms with van der Waals surface area (Å²) in [6.45, 7) is 7.79. The molecule has 44 valence electrons. The summed E-state index contributed by atoms with van der Waals surface area (Å²) in [4.78, 5) is 0. The molecular formula is C8H12. The first-order chi connectivity index (χ1) is 3.72. The molecule has 1 unspecified atom stereocenters. The van der Waals surface area contributed by atoms with Crippen molar-refractivity contribution in [2.45, 2.75) is 20.3 Å². The van der Waals surface area contributed by atoms with Gasteiger partial charge in [-0.15, -0.1) is 6.42 Å². The minimum Gasteiger partial charge on any atom is -0.119 e. The third kappa shape index (κ3) is 1.84. The summed E-state index contributed by atoms with van der Waals surface area (Å²) in [5, 5.41) is 0. The highest BCUT2D eigenvalue weighted by atomic mass is 14.0. The quantitative estimate of drug-likeness (QED) is 0.376. The molecule has 8 heavy (non-hydrogen) atoms. The first kappa shape index (κ1) is 7.30. The molecule has 0 saturated carbocycles. The van der Waals surface area contributed by atoms with E-state index in [0.717, 1.165) is 12.0 Å². The van der Waals surface area contributed by atoms with Gasteiger partial charge in [0.25, 0.3) is 0 Å². The van der Waals surface area contributed by atoms with Crippen molar-refractivity contribution in [3.63, 3.8) is 0 Å². The van der Waals surface area contributed by atoms with Gasteiger partial charge in [0.2, 0.25) is 0 Å². The normalized spacial score (nSPS) is 12.1. The van der Waals surface area contributed by atoms with Crippen molar-refractivity contribution in [2.24, 2.45) is 5.92 Å². The molecule has 0 aromatic carbocycles. The van der Waals surface area contributed by atoms with Crippen molar-refractivity contribution in [3.8, 4) is 12.3 Å². The highest BCUT2D eigenvalue weighted by Crippen LogP contribution is 2.09. The molecule has 0 heterocycles. The van der Waals surface area contributed by atoms with Crippen molar-refractivity contribution in [1.29, 1.82) is 0 Å². The molecule has 0 aromatic rings. The average molecular weight is 108 g/mol. The van der Waals surface area contributed by atoms with Gasteiger partial charge in [-0.1, -0.05) is 25.0 Å². The molecule has 0 heteroatoms. The number of allylic oxidation sites excluding steroid dienone is 1. The highest BCUT2D eigenvalue weighted by molar-refractivity contribution is 5.10. The predicted molar refractivity (Wildman–Crippen MR) is 37.4 cm³/mol. The largest absolute Gasteiger partial charge is 0.119 e. The van der Waals surface area contributed by atoms with E-state index in [9.17, 15) is 0 Å². The molecular weight excluding hydrogens is 96.1 g/mol. The minimum atomic E-state index is 0.287. The summed E-state index contributed by atoms with van der Waals surface area (Å²) in [6, 6.07) is 0. The Morgan fingerprint density at radius 2 is 2.38 bits per heavy atom. The van der Waals surface area contributed by atoms with Crippen LogP contribution in [0.15, 0.2) is 12.2 Å². The summed E-state index contributed by atoms with van der Waals surface area (Å²) in [5.74, 6) is 2.94. The van der Waals surface area contributed by atoms with Gasteiger partial charge in [0.05, 0.1) is 0 Å². The van der Waals surface area contributed by atoms with Gasteiger partial charge in [-0.25, -0.2) is 0 Å². The standard InChI is InChI=1S/C8H12/c1-5-8(6-2)7(3)4/h1,8H,3,6H2,2,4H3. The van der Waals surface area contributed by atoms with E-state index in [0.29, 0.717) is 0 Å². The predicted octanol–water partition coefficient (Wildman–Crippen LogP) is 2.22. The van der Waals surface area contributed by atoms with Crippen LogP contribution >= 0.6 is 0 Å². The number of hydrogen-bond donors (Lipinski definition) is 0. The molecule has 0 aromatic heterocycles. The maximum Gasteiger partial charge on any atom is 0.0401 e. The molecule has 0 nitrogen and oxygen atoms in total. The number of rotatable bonds is 2. The van der Waals surface area contributed by atoms with Crippen LogP contribution in [0.4, 0.5) is 0 Å². The van der Waals surface area contributed by atoms with Gasteiger partial charge in [0.1, 0.15) is 0 Å². The van der Waals surface area contributed by atoms with Crippen LogP contribution < -0.4 is 0 Å². The Kier molecular flexibility index (Phi) is 3.03. The van der Waals surface area contributed by atoms with E-state index in [1.54, 1.807) is 0 Å². The fraction of sp³-hybridized carbons (Fsp3) is 0.500. The van der Waals surface area contributed by atoms with Crippen molar-refractivity contribution in [1.82, 2.24) is 0 Å². The molecule has 0 radical (unpaired) electrons. The zero-order valence-corrected chi connectivity index (χ0v) is 5.57. The van der Waals surface area contributed by atoms with Crippen LogP contribution in [0.1, 0.15) is 20.3 Å². The van der Waals surface area contributed by atoms with Gasteiger partial charge in [0, 0.05) is 5.92 Å². The first-order valence-corrected chi connectivity index (χ1v) is 2.83. The van der Waals surface area contributed by atoms with Crippen molar-refractivity contribution in [2.75, 3.05) is 0 Å². The lowest BCUT2D eigenvalue weighted by molar-refractivity contribution is 0.755. The molecule has 0 aliphatic rings. The van der Waals surface area contributed by atoms with Gasteiger partial charge >= 0.3 is 0 Å². The van der Waals surface area contributed by atoms with Gasteiger partial charge in [0.15, 0.2) is 0 Å². The second-order valence-corrected chi connectivity index (χ2v) is 1.97. The Morgan fingerprint density at radius 3 is 2.38 bits per heavy atom. The Hall–Kier alpha value is -0.700. The smallest absolute Gasteiger partial charge is 0.0401 e. The van der Waals surface area contributed by atoms with Crippen molar-refractivity contribution in [3.05, 3.63) is 12.2 Å². The summed E-state index contributed by atoms with van der Waals surface area (Å²) in [7, 11) is 0. The lowest BCUT2D eigenvalue weighted by atomic mass is 10.0. The van der Waals surface area contributed by atoms with Crippen LogP contribution in [0.25, 0.3) is 0 Å². The van der Waals surface area contributed by atoms with Crippen LogP contribution in [0.5, 0.6) is 0 Å². The van der Waals surface area contributed by atoms with E-state index in [1.807, 2.05) is 6.92 Å². The Morgan fingerprint density at radius 1 is 1.88 bits per heavy atom. The lowest BCUT2D eigenvalue weighted by Gasteiger charge is -2.03. The van der Waals surface area contributed by atoms with E-state index < -0.39 is 0 Å². The first-order valence-electron chi connectivity index (χ1n) is 2.83. The Bertz CT molecular complexity index is 114. The molecule has 0 aliphatic carbocycles. The second-order valence-electron chi connectivity index (χ2n) is 1.97. The molecule has 0 saturated heterocycles. The maximum absolute atomic E-state index is 5.17. The van der Waals surface area contributed by atoms with Gasteiger partial charge in [-0.2, -0.15) is 0 Å². The zero-order valence-electron chi connectivity index (χ0n) is 5.57. The second kappa shape index (κ2) is 3.32. The third-order valence-corrected chi connectivity index (χ3v) is 1.20. The number of hydrogen-bond acceptors (Lipinski definition) is 0. The van der Waals surface area contributed by atoms with Gasteiger partial charge in [-0.05, 0) is 13.3 Å². The molecule has 0 amide bonds. The molecule has 1 atom stereocenters. The SMILES string of the molecule is C#CC(CC)C(=C)C. The Labute approximate surface area is 51.6 Å². The van der Waals surface area contributed by atoms with Gasteiger partial charge in [-0.3, -0.25) is 0 Å². The maximum atomic E-state index is 5.17. The van der Waals surface area contributed by atoms with E-state index >= 15 is 0 Å².